The van der Waals surface area contributed by atoms with Crippen LogP contribution in [-0.4, -0.2) is 44.1 Å². The van der Waals surface area contributed by atoms with E-state index in [1.165, 1.54) is 18.1 Å². The lowest BCUT2D eigenvalue weighted by molar-refractivity contribution is -0.133. The van der Waals surface area contributed by atoms with Crippen molar-refractivity contribution in [3.63, 3.8) is 0 Å². The number of nitrogens with two attached hydrogens (primary N) is 1. The molecule has 2 N–H and O–H groups in total. The average molecular weight is 266 g/mol. The van der Waals surface area contributed by atoms with Crippen LogP contribution in [0.15, 0.2) is 18.2 Å². The molecule has 0 aliphatic carbocycles. The third kappa shape index (κ3) is 3.87. The van der Waals surface area contributed by atoms with E-state index < -0.39 is 5.97 Å². The Morgan fingerprint density at radius 2 is 2.05 bits per heavy atom. The van der Waals surface area contributed by atoms with Crippen LogP contribution in [0.5, 0.6) is 5.75 Å². The molecule has 1 aromatic carbocycles. The first kappa shape index (κ1) is 14.8. The summed E-state index contributed by atoms with van der Waals surface area (Å²) in [5.41, 5.74) is 6.23. The van der Waals surface area contributed by atoms with Gasteiger partial charge in [-0.3, -0.25) is 4.79 Å². The Labute approximate surface area is 112 Å². The van der Waals surface area contributed by atoms with Gasteiger partial charge >= 0.3 is 5.97 Å². The van der Waals surface area contributed by atoms with Crippen LogP contribution >= 0.6 is 0 Å². The zero-order valence-electron chi connectivity index (χ0n) is 11.3. The predicted molar refractivity (Wildman–Crippen MR) is 71.0 cm³/mol. The van der Waals surface area contributed by atoms with E-state index in [0.717, 1.165) is 0 Å². The summed E-state index contributed by atoms with van der Waals surface area (Å²) < 4.78 is 9.99. The zero-order valence-corrected chi connectivity index (χ0v) is 11.3. The molecule has 0 saturated carbocycles. The summed E-state index contributed by atoms with van der Waals surface area (Å²) in [6, 6.07) is 4.65. The molecular weight excluding hydrogens is 248 g/mol. The predicted octanol–water partition coefficient (Wildman–Crippen LogP) is 0.912. The monoisotopic (exact) mass is 266 g/mol. The summed E-state index contributed by atoms with van der Waals surface area (Å²) in [7, 11) is 3.08. The van der Waals surface area contributed by atoms with Gasteiger partial charge in [0.25, 0.3) is 5.91 Å². The first-order valence-corrected chi connectivity index (χ1v) is 5.84. The van der Waals surface area contributed by atoms with E-state index in [4.69, 9.17) is 15.2 Å². The van der Waals surface area contributed by atoms with Crippen LogP contribution in [0.25, 0.3) is 0 Å². The second-order valence-electron chi connectivity index (χ2n) is 3.94. The van der Waals surface area contributed by atoms with Crippen molar-refractivity contribution in [3.05, 3.63) is 23.8 Å². The van der Waals surface area contributed by atoms with Crippen LogP contribution in [0.4, 0.5) is 5.69 Å². The molecule has 0 spiro atoms. The Kier molecular flexibility index (Phi) is 5.17. The fourth-order valence-electron chi connectivity index (χ4n) is 1.38. The molecule has 0 heterocycles. The number of methoxy groups -OCH3 is 1. The third-order valence-electron chi connectivity index (χ3n) is 2.67. The number of nitrogen functional groups attached to an aromatic ring is 1. The van der Waals surface area contributed by atoms with Gasteiger partial charge < -0.3 is 20.1 Å². The first-order valence-electron chi connectivity index (χ1n) is 5.84. The molecule has 0 unspecified atom stereocenters. The molecule has 6 nitrogen and oxygen atoms in total. The Morgan fingerprint density at radius 3 is 2.63 bits per heavy atom. The number of hydrogen-bond donors (Lipinski definition) is 1. The highest BCUT2D eigenvalue weighted by Crippen LogP contribution is 2.21. The van der Waals surface area contributed by atoms with Gasteiger partial charge in [0.15, 0.2) is 6.61 Å². The number of esters is 1. The number of hydrogen-bond acceptors (Lipinski definition) is 5. The van der Waals surface area contributed by atoms with Gasteiger partial charge in [-0.05, 0) is 25.1 Å². The largest absolute Gasteiger partial charge is 0.496 e. The minimum absolute atomic E-state index is 0.203. The van der Waals surface area contributed by atoms with Gasteiger partial charge in [0.2, 0.25) is 0 Å². The van der Waals surface area contributed by atoms with Crippen molar-refractivity contribution in [2.75, 3.05) is 33.0 Å². The molecule has 0 bridgehead atoms. The number of rotatable bonds is 5. The highest BCUT2D eigenvalue weighted by atomic mass is 16.5. The van der Waals surface area contributed by atoms with Gasteiger partial charge in [0.1, 0.15) is 11.3 Å². The lowest BCUT2D eigenvalue weighted by Crippen LogP contribution is -2.31. The number of amides is 1. The standard InChI is InChI=1S/C13H18N2O4/c1-4-15(2)12(16)8-19-13(17)10-7-9(14)5-6-11(10)18-3/h5-7H,4,8,14H2,1-3H3. The summed E-state index contributed by atoms with van der Waals surface area (Å²) >= 11 is 0. The van der Waals surface area contributed by atoms with E-state index >= 15 is 0 Å². The molecule has 104 valence electrons. The highest BCUT2D eigenvalue weighted by molar-refractivity contribution is 5.94. The number of benzene rings is 1. The van der Waals surface area contributed by atoms with E-state index in [2.05, 4.69) is 0 Å². The van der Waals surface area contributed by atoms with E-state index in [1.54, 1.807) is 19.2 Å². The molecule has 1 aromatic rings. The van der Waals surface area contributed by atoms with E-state index in [-0.39, 0.29) is 18.1 Å². The smallest absolute Gasteiger partial charge is 0.342 e. The van der Waals surface area contributed by atoms with Gasteiger partial charge in [-0.2, -0.15) is 0 Å². The fourth-order valence-corrected chi connectivity index (χ4v) is 1.38. The number of anilines is 1. The lowest BCUT2D eigenvalue weighted by Gasteiger charge is -2.14. The molecule has 6 heteroatoms. The van der Waals surface area contributed by atoms with Crippen LogP contribution in [0.1, 0.15) is 17.3 Å². The van der Waals surface area contributed by atoms with Crippen LogP contribution < -0.4 is 10.5 Å². The molecule has 0 aliphatic heterocycles. The van der Waals surface area contributed by atoms with Gasteiger partial charge in [-0.25, -0.2) is 4.79 Å². The quantitative estimate of drug-likeness (QED) is 0.633. The van der Waals surface area contributed by atoms with Gasteiger partial charge in [0.05, 0.1) is 7.11 Å². The fraction of sp³-hybridized carbons (Fsp3) is 0.385. The zero-order chi connectivity index (χ0) is 14.4. The minimum atomic E-state index is -0.637. The van der Waals surface area contributed by atoms with Gasteiger partial charge in [-0.15, -0.1) is 0 Å². The van der Waals surface area contributed by atoms with Crippen molar-refractivity contribution in [2.24, 2.45) is 0 Å². The molecule has 1 amide bonds. The number of carbonyl (C=O) groups excluding carboxylic acids is 2. The van der Waals surface area contributed by atoms with Crippen molar-refractivity contribution < 1.29 is 19.1 Å². The molecule has 0 radical (unpaired) electrons. The molecule has 0 saturated heterocycles. The van der Waals surface area contributed by atoms with E-state index in [0.29, 0.717) is 18.0 Å². The maximum Gasteiger partial charge on any atom is 0.342 e. The molecule has 1 rings (SSSR count). The van der Waals surface area contributed by atoms with Crippen LogP contribution in [-0.2, 0) is 9.53 Å². The molecule has 0 aliphatic rings. The van der Waals surface area contributed by atoms with Crippen LogP contribution in [0.3, 0.4) is 0 Å². The molecular formula is C13H18N2O4. The average Bonchev–Trinajstić information content (AvgIpc) is 2.43. The Hall–Kier alpha value is -2.24. The normalized spacial score (nSPS) is 9.84. The Morgan fingerprint density at radius 1 is 1.37 bits per heavy atom. The van der Waals surface area contributed by atoms with E-state index in [9.17, 15) is 9.59 Å². The first-order chi connectivity index (χ1) is 8.99. The lowest BCUT2D eigenvalue weighted by atomic mass is 10.2. The Bertz CT molecular complexity index is 474. The molecule has 0 fully saturated rings. The van der Waals surface area contributed by atoms with Gasteiger partial charge in [-0.1, -0.05) is 0 Å². The van der Waals surface area contributed by atoms with Crippen molar-refractivity contribution in [2.45, 2.75) is 6.92 Å². The molecule has 0 atom stereocenters. The minimum Gasteiger partial charge on any atom is -0.496 e. The highest BCUT2D eigenvalue weighted by Gasteiger charge is 2.16. The Balaban J connectivity index is 2.73. The summed E-state index contributed by atoms with van der Waals surface area (Å²) in [5.74, 6) is -0.545. The maximum absolute atomic E-state index is 11.9. The maximum atomic E-state index is 11.9. The number of ether oxygens (including phenoxy) is 2. The number of carbonyl (C=O) groups is 2. The van der Waals surface area contributed by atoms with Crippen molar-refractivity contribution in [1.29, 1.82) is 0 Å². The second kappa shape index (κ2) is 6.63. The van der Waals surface area contributed by atoms with Crippen LogP contribution in [0.2, 0.25) is 0 Å². The summed E-state index contributed by atoms with van der Waals surface area (Å²) in [4.78, 5) is 24.8. The summed E-state index contributed by atoms with van der Waals surface area (Å²) in [5, 5.41) is 0. The third-order valence-corrected chi connectivity index (χ3v) is 2.67. The topological polar surface area (TPSA) is 81.9 Å². The van der Waals surface area contributed by atoms with Crippen molar-refractivity contribution in [1.82, 2.24) is 4.90 Å². The van der Waals surface area contributed by atoms with Crippen LogP contribution in [0, 0.1) is 0 Å². The van der Waals surface area contributed by atoms with Crippen molar-refractivity contribution in [3.8, 4) is 5.75 Å². The van der Waals surface area contributed by atoms with Gasteiger partial charge in [0, 0.05) is 19.3 Å². The molecule has 0 aromatic heterocycles. The number of nitrogens with zero attached hydrogens (tertiary/aromatic N) is 1. The molecule has 19 heavy (non-hydrogen) atoms. The van der Waals surface area contributed by atoms with E-state index in [1.807, 2.05) is 6.92 Å². The number of likely N-dealkylation sites (N-methyl/N-ethyl adjacent to an activating group) is 1. The SMILES string of the molecule is CCN(C)C(=O)COC(=O)c1cc(N)ccc1OC. The second-order valence-corrected chi connectivity index (χ2v) is 3.94. The summed E-state index contributed by atoms with van der Waals surface area (Å²) in [6.45, 7) is 2.08. The summed E-state index contributed by atoms with van der Waals surface area (Å²) in [6.07, 6.45) is 0. The van der Waals surface area contributed by atoms with Crippen molar-refractivity contribution >= 4 is 17.6 Å².